The highest BCUT2D eigenvalue weighted by Gasteiger charge is 2.27. The predicted octanol–water partition coefficient (Wildman–Crippen LogP) is 0.158. The van der Waals surface area contributed by atoms with Gasteiger partial charge in [0.2, 0.25) is 0 Å². The fourth-order valence-corrected chi connectivity index (χ4v) is 2.99. The summed E-state index contributed by atoms with van der Waals surface area (Å²) in [6, 6.07) is 1.35. The van der Waals surface area contributed by atoms with Crippen LogP contribution in [-0.2, 0) is 10.0 Å². The number of hydrogen-bond acceptors (Lipinski definition) is 4. The number of rotatable bonds is 6. The minimum absolute atomic E-state index is 0.0974. The molecule has 92 valence electrons. The van der Waals surface area contributed by atoms with Crippen molar-refractivity contribution in [3.05, 3.63) is 12.3 Å². The number of nitrogens with zero attached hydrogens (tertiary/aromatic N) is 2. The highest BCUT2D eigenvalue weighted by Crippen LogP contribution is 2.15. The van der Waals surface area contributed by atoms with Crippen LogP contribution in [0.15, 0.2) is 17.3 Å². The summed E-state index contributed by atoms with van der Waals surface area (Å²) in [5.74, 6) is 0. The van der Waals surface area contributed by atoms with Crippen LogP contribution in [0.25, 0.3) is 0 Å². The maximum atomic E-state index is 12.2. The Labute approximate surface area is 95.9 Å². The Balaban J connectivity index is 2.94. The fourth-order valence-electron chi connectivity index (χ4n) is 1.42. The molecule has 0 aliphatic rings. The van der Waals surface area contributed by atoms with E-state index < -0.39 is 10.0 Å². The van der Waals surface area contributed by atoms with Crippen LogP contribution in [0.5, 0.6) is 0 Å². The van der Waals surface area contributed by atoms with Gasteiger partial charge in [0, 0.05) is 12.6 Å². The largest absolute Gasteiger partial charge is 0.330 e. The Morgan fingerprint density at radius 1 is 1.56 bits per heavy atom. The van der Waals surface area contributed by atoms with Gasteiger partial charge in [-0.05, 0) is 32.9 Å². The zero-order valence-corrected chi connectivity index (χ0v) is 10.4. The van der Waals surface area contributed by atoms with Crippen molar-refractivity contribution < 1.29 is 8.42 Å². The van der Waals surface area contributed by atoms with Crippen molar-refractivity contribution in [1.82, 2.24) is 14.5 Å². The van der Waals surface area contributed by atoms with Crippen LogP contribution in [-0.4, -0.2) is 42.1 Å². The lowest BCUT2D eigenvalue weighted by atomic mass is 10.3. The van der Waals surface area contributed by atoms with E-state index in [4.69, 9.17) is 5.73 Å². The van der Waals surface area contributed by atoms with Crippen molar-refractivity contribution in [2.45, 2.75) is 31.3 Å². The fraction of sp³-hybridized carbons (Fsp3) is 0.667. The molecular weight excluding hydrogens is 228 g/mol. The van der Waals surface area contributed by atoms with Crippen LogP contribution in [0, 0.1) is 0 Å². The summed E-state index contributed by atoms with van der Waals surface area (Å²) >= 11 is 0. The van der Waals surface area contributed by atoms with Crippen molar-refractivity contribution in [3.63, 3.8) is 0 Å². The Hall–Kier alpha value is -0.920. The average Bonchev–Trinajstić information content (AvgIpc) is 2.70. The zero-order chi connectivity index (χ0) is 12.2. The summed E-state index contributed by atoms with van der Waals surface area (Å²) in [5.41, 5.74) is 5.40. The van der Waals surface area contributed by atoms with E-state index in [1.807, 2.05) is 13.8 Å². The van der Waals surface area contributed by atoms with Crippen molar-refractivity contribution in [2.75, 3.05) is 13.1 Å². The van der Waals surface area contributed by atoms with Gasteiger partial charge in [0.25, 0.3) is 10.0 Å². The Kier molecular flexibility index (Phi) is 4.45. The number of aromatic nitrogens is 2. The van der Waals surface area contributed by atoms with Gasteiger partial charge in [-0.2, -0.15) is 9.40 Å². The van der Waals surface area contributed by atoms with E-state index in [-0.39, 0.29) is 11.1 Å². The van der Waals surface area contributed by atoms with Gasteiger partial charge in [0.1, 0.15) is 0 Å². The highest BCUT2D eigenvalue weighted by atomic mass is 32.2. The molecule has 0 fully saturated rings. The summed E-state index contributed by atoms with van der Waals surface area (Å²) in [5, 5.41) is 6.26. The summed E-state index contributed by atoms with van der Waals surface area (Å²) in [4.78, 5) is 0. The molecule has 0 saturated carbocycles. The molecular formula is C9H18N4O2S. The molecule has 0 radical (unpaired) electrons. The molecule has 1 rings (SSSR count). The van der Waals surface area contributed by atoms with Crippen molar-refractivity contribution >= 4 is 10.0 Å². The van der Waals surface area contributed by atoms with Crippen LogP contribution in [0.3, 0.4) is 0 Å². The van der Waals surface area contributed by atoms with E-state index >= 15 is 0 Å². The lowest BCUT2D eigenvalue weighted by Crippen LogP contribution is -2.38. The van der Waals surface area contributed by atoms with Gasteiger partial charge in [0.05, 0.1) is 6.20 Å². The van der Waals surface area contributed by atoms with Crippen molar-refractivity contribution in [3.8, 4) is 0 Å². The average molecular weight is 246 g/mol. The predicted molar refractivity (Wildman–Crippen MR) is 61.3 cm³/mol. The van der Waals surface area contributed by atoms with Gasteiger partial charge >= 0.3 is 0 Å². The summed E-state index contributed by atoms with van der Waals surface area (Å²) in [7, 11) is -3.47. The van der Waals surface area contributed by atoms with E-state index in [2.05, 4.69) is 10.2 Å². The molecule has 0 saturated heterocycles. The normalized spacial score (nSPS) is 12.6. The maximum absolute atomic E-state index is 12.2. The second-order valence-corrected chi connectivity index (χ2v) is 5.63. The van der Waals surface area contributed by atoms with Gasteiger partial charge in [-0.1, -0.05) is 0 Å². The van der Waals surface area contributed by atoms with Crippen LogP contribution in [0.4, 0.5) is 0 Å². The number of H-pyrrole nitrogens is 1. The molecule has 6 nitrogen and oxygen atoms in total. The number of nitrogens with one attached hydrogen (secondary N) is 1. The van der Waals surface area contributed by atoms with Gasteiger partial charge in [-0.3, -0.25) is 5.10 Å². The van der Waals surface area contributed by atoms with E-state index in [0.29, 0.717) is 19.5 Å². The van der Waals surface area contributed by atoms with Crippen LogP contribution in [0.1, 0.15) is 20.3 Å². The molecule has 1 heterocycles. The summed E-state index contributed by atoms with van der Waals surface area (Å²) < 4.78 is 25.7. The van der Waals surface area contributed by atoms with E-state index in [0.717, 1.165) is 0 Å². The molecule has 0 aliphatic heterocycles. The molecule has 0 bridgehead atoms. The number of sulfonamides is 1. The molecule has 0 spiro atoms. The van der Waals surface area contributed by atoms with Crippen LogP contribution < -0.4 is 5.73 Å². The third-order valence-electron chi connectivity index (χ3n) is 2.22. The number of aromatic amines is 1. The zero-order valence-electron chi connectivity index (χ0n) is 9.55. The first kappa shape index (κ1) is 13.1. The second-order valence-electron chi connectivity index (χ2n) is 3.77. The highest BCUT2D eigenvalue weighted by molar-refractivity contribution is 7.89. The molecule has 0 aromatic carbocycles. The molecule has 0 amide bonds. The van der Waals surface area contributed by atoms with Gasteiger partial charge in [-0.25, -0.2) is 8.42 Å². The minimum Gasteiger partial charge on any atom is -0.330 e. The lowest BCUT2D eigenvalue weighted by molar-refractivity contribution is 0.350. The first-order valence-corrected chi connectivity index (χ1v) is 6.65. The Morgan fingerprint density at radius 2 is 2.25 bits per heavy atom. The van der Waals surface area contributed by atoms with E-state index in [9.17, 15) is 8.42 Å². The maximum Gasteiger partial charge on any atom is 0.260 e. The van der Waals surface area contributed by atoms with Gasteiger partial charge < -0.3 is 5.73 Å². The minimum atomic E-state index is -3.47. The van der Waals surface area contributed by atoms with Crippen LogP contribution in [0.2, 0.25) is 0 Å². The van der Waals surface area contributed by atoms with Crippen LogP contribution >= 0.6 is 0 Å². The number of hydrogen-bond donors (Lipinski definition) is 2. The SMILES string of the molecule is CC(C)N(CCCN)S(=O)(=O)c1ccn[nH]1. The smallest absolute Gasteiger partial charge is 0.260 e. The van der Waals surface area contributed by atoms with E-state index in [1.54, 1.807) is 0 Å². The van der Waals surface area contributed by atoms with Crippen molar-refractivity contribution in [2.24, 2.45) is 5.73 Å². The van der Waals surface area contributed by atoms with Crippen molar-refractivity contribution in [1.29, 1.82) is 0 Å². The number of nitrogens with two attached hydrogens (primary N) is 1. The first-order chi connectivity index (χ1) is 7.50. The molecule has 1 aromatic rings. The monoisotopic (exact) mass is 246 g/mol. The Bertz CT molecular complexity index is 399. The second kappa shape index (κ2) is 5.42. The van der Waals surface area contributed by atoms with E-state index in [1.165, 1.54) is 16.6 Å². The molecule has 16 heavy (non-hydrogen) atoms. The Morgan fingerprint density at radius 3 is 2.69 bits per heavy atom. The molecule has 0 atom stereocenters. The molecule has 7 heteroatoms. The molecule has 3 N–H and O–H groups in total. The lowest BCUT2D eigenvalue weighted by Gasteiger charge is -2.24. The van der Waals surface area contributed by atoms with Gasteiger partial charge in [0.15, 0.2) is 5.03 Å². The summed E-state index contributed by atoms with van der Waals surface area (Å²) in [6.07, 6.45) is 2.07. The molecule has 0 unspecified atom stereocenters. The molecule has 0 aliphatic carbocycles. The van der Waals surface area contributed by atoms with Gasteiger partial charge in [-0.15, -0.1) is 0 Å². The third-order valence-corrected chi connectivity index (χ3v) is 4.23. The summed E-state index contributed by atoms with van der Waals surface area (Å²) in [6.45, 7) is 4.58. The topological polar surface area (TPSA) is 92.1 Å². The molecule has 1 aromatic heterocycles. The standard InChI is InChI=1S/C9H18N4O2S/c1-8(2)13(7-3-5-10)16(14,15)9-4-6-11-12-9/h4,6,8H,3,5,7,10H2,1-2H3,(H,11,12). The quantitative estimate of drug-likeness (QED) is 0.747. The third kappa shape index (κ3) is 2.81. The first-order valence-electron chi connectivity index (χ1n) is 5.21.